The van der Waals surface area contributed by atoms with Gasteiger partial charge in [0, 0.05) is 0 Å². The number of halogens is 12. The Bertz CT molecular complexity index is 1090. The SMILES string of the molecule is FC(F)(F)c1cc(-c2c[c]([AlH])cc(-c3cc(C(F)(F)F)cc(C(F)(F)F)c3)c2)cc(C(F)(F)F)c1. The minimum absolute atomic E-state index is 0.0929. The van der Waals surface area contributed by atoms with Crippen LogP contribution < -0.4 is 4.43 Å². The fourth-order valence-corrected chi connectivity index (χ4v) is 3.71. The highest BCUT2D eigenvalue weighted by Gasteiger charge is 2.38. The normalized spacial score (nSPS) is 13.3. The van der Waals surface area contributed by atoms with Gasteiger partial charge in [-0.3, -0.25) is 0 Å². The van der Waals surface area contributed by atoms with E-state index in [1.54, 1.807) is 0 Å². The number of alkyl halides is 12. The first kappa shape index (κ1) is 26.9. The van der Waals surface area contributed by atoms with Gasteiger partial charge in [0.05, 0.1) is 22.3 Å². The zero-order chi connectivity index (χ0) is 26.6. The Morgan fingerprint density at radius 1 is 0.343 bits per heavy atom. The van der Waals surface area contributed by atoms with E-state index >= 15 is 0 Å². The van der Waals surface area contributed by atoms with E-state index in [2.05, 4.69) is 0 Å². The molecule has 3 aromatic rings. The Labute approximate surface area is 197 Å². The molecule has 0 fully saturated rings. The first-order chi connectivity index (χ1) is 15.7. The summed E-state index contributed by atoms with van der Waals surface area (Å²) in [6.07, 6.45) is -20.6. The van der Waals surface area contributed by atoms with Gasteiger partial charge in [0.25, 0.3) is 0 Å². The maximum Gasteiger partial charge on any atom is 0.416 e. The van der Waals surface area contributed by atoms with E-state index in [1.165, 1.54) is 12.1 Å². The number of hydrogen-bond acceptors (Lipinski definition) is 0. The summed E-state index contributed by atoms with van der Waals surface area (Å²) < 4.78 is 159. The number of rotatable bonds is 2. The summed E-state index contributed by atoms with van der Waals surface area (Å²) >= 11 is 1.10. The molecular formula is C22H10AlF12. The average Bonchev–Trinajstić information content (AvgIpc) is 2.70. The van der Waals surface area contributed by atoms with Crippen LogP contribution in [-0.2, 0) is 24.7 Å². The third kappa shape index (κ3) is 6.32. The second-order valence-electron chi connectivity index (χ2n) is 7.51. The van der Waals surface area contributed by atoms with Gasteiger partial charge >= 0.3 is 24.7 Å². The molecule has 3 aromatic carbocycles. The maximum atomic E-state index is 13.2. The van der Waals surface area contributed by atoms with Gasteiger partial charge in [-0.2, -0.15) is 52.7 Å². The van der Waals surface area contributed by atoms with Crippen LogP contribution in [0.4, 0.5) is 52.7 Å². The van der Waals surface area contributed by atoms with Gasteiger partial charge < -0.3 is 0 Å². The van der Waals surface area contributed by atoms with Gasteiger partial charge in [0.1, 0.15) is 0 Å². The van der Waals surface area contributed by atoms with Crippen molar-refractivity contribution in [2.75, 3.05) is 0 Å². The van der Waals surface area contributed by atoms with Crippen molar-refractivity contribution in [3.63, 3.8) is 0 Å². The van der Waals surface area contributed by atoms with Crippen molar-refractivity contribution in [1.82, 2.24) is 0 Å². The molecule has 0 bridgehead atoms. The van der Waals surface area contributed by atoms with Crippen LogP contribution in [0, 0.1) is 0 Å². The molecule has 0 aliphatic rings. The standard InChI is InChI=1S/C22H9F12.Al.H/c23-19(24,25)15-5-13(6-16(9-15)20(26,27)28)11-2-1-3-12(4-11)14-7-17(21(29,30)31)10-18(8-14)22(32,33)34;;/h2-10H;;. The minimum Gasteiger partial charge on any atom is -0.166 e. The predicted octanol–water partition coefficient (Wildman–Crippen LogP) is 7.62. The smallest absolute Gasteiger partial charge is 0.166 e. The summed E-state index contributed by atoms with van der Waals surface area (Å²) in [5.74, 6) is 0. The third-order valence-electron chi connectivity index (χ3n) is 4.83. The predicted molar refractivity (Wildman–Crippen MR) is 104 cm³/mol. The van der Waals surface area contributed by atoms with E-state index < -0.39 is 58.1 Å². The second kappa shape index (κ2) is 8.78. The Kier molecular flexibility index (Phi) is 6.76. The van der Waals surface area contributed by atoms with Crippen molar-refractivity contribution >= 4 is 20.7 Å². The van der Waals surface area contributed by atoms with Crippen molar-refractivity contribution in [1.29, 1.82) is 0 Å². The summed E-state index contributed by atoms with van der Waals surface area (Å²) in [6, 6.07) is 4.78. The van der Waals surface area contributed by atoms with Gasteiger partial charge in [-0.25, -0.2) is 0 Å². The number of hydrogen-bond donors (Lipinski definition) is 0. The zero-order valence-electron chi connectivity index (χ0n) is 16.9. The van der Waals surface area contributed by atoms with Crippen LogP contribution in [-0.4, -0.2) is 16.3 Å². The van der Waals surface area contributed by atoms with Gasteiger partial charge in [0.2, 0.25) is 16.3 Å². The highest BCUT2D eigenvalue weighted by molar-refractivity contribution is 6.33. The molecule has 0 N–H and O–H groups in total. The van der Waals surface area contributed by atoms with Crippen LogP contribution in [0.25, 0.3) is 22.3 Å². The lowest BCUT2D eigenvalue weighted by molar-refractivity contribution is -0.144. The molecule has 0 amide bonds. The van der Waals surface area contributed by atoms with Crippen LogP contribution in [0.2, 0.25) is 0 Å². The first-order valence-electron chi connectivity index (χ1n) is 9.32. The van der Waals surface area contributed by atoms with E-state index in [9.17, 15) is 52.7 Å². The molecule has 0 spiro atoms. The maximum absolute atomic E-state index is 13.2. The lowest BCUT2D eigenvalue weighted by Crippen LogP contribution is -2.12. The second-order valence-corrected chi connectivity index (χ2v) is 8.32. The molecule has 0 heterocycles. The molecule has 35 heavy (non-hydrogen) atoms. The van der Waals surface area contributed by atoms with Crippen molar-refractivity contribution in [2.24, 2.45) is 0 Å². The van der Waals surface area contributed by atoms with Crippen LogP contribution in [0.5, 0.6) is 0 Å². The quantitative estimate of drug-likeness (QED) is 0.237. The molecule has 0 atom stereocenters. The summed E-state index contributed by atoms with van der Waals surface area (Å²) in [7, 11) is 0. The fraction of sp³-hybridized carbons (Fsp3) is 0.182. The van der Waals surface area contributed by atoms with Crippen molar-refractivity contribution in [3.8, 4) is 22.3 Å². The van der Waals surface area contributed by atoms with E-state index in [-0.39, 0.29) is 27.7 Å². The fourth-order valence-electron chi connectivity index (χ4n) is 3.27. The monoisotopic (exact) mass is 529 g/mol. The molecule has 185 valence electrons. The van der Waals surface area contributed by atoms with Crippen LogP contribution >= 0.6 is 0 Å². The summed E-state index contributed by atoms with van der Waals surface area (Å²) in [6.45, 7) is 0. The molecule has 13 heteroatoms. The topological polar surface area (TPSA) is 0 Å². The number of benzene rings is 3. The molecule has 0 aliphatic heterocycles. The van der Waals surface area contributed by atoms with E-state index in [0.29, 0.717) is 24.3 Å². The molecule has 1 radical (unpaired) electrons. The van der Waals surface area contributed by atoms with Crippen molar-refractivity contribution in [3.05, 3.63) is 76.9 Å². The molecule has 0 aliphatic carbocycles. The molecule has 3 rings (SSSR count). The molecular weight excluding hydrogens is 519 g/mol. The van der Waals surface area contributed by atoms with Gasteiger partial charge in [-0.1, -0.05) is 12.1 Å². The van der Waals surface area contributed by atoms with E-state index in [1.807, 2.05) is 0 Å². The Morgan fingerprint density at radius 3 is 0.800 bits per heavy atom. The Balaban J connectivity index is 2.27. The lowest BCUT2D eigenvalue weighted by atomic mass is 9.94. The summed E-state index contributed by atoms with van der Waals surface area (Å²) in [5.41, 5.74) is -8.12. The summed E-state index contributed by atoms with van der Waals surface area (Å²) in [4.78, 5) is 0. The van der Waals surface area contributed by atoms with E-state index in [0.717, 1.165) is 22.4 Å². The summed E-state index contributed by atoms with van der Waals surface area (Å²) in [5, 5.41) is 0. The van der Waals surface area contributed by atoms with Gasteiger partial charge in [-0.15, -0.1) is 4.43 Å². The zero-order valence-corrected chi connectivity index (χ0v) is 18.4. The van der Waals surface area contributed by atoms with Crippen LogP contribution in [0.1, 0.15) is 22.3 Å². The van der Waals surface area contributed by atoms with Gasteiger partial charge in [0.15, 0.2) is 0 Å². The Morgan fingerprint density at radius 2 is 0.571 bits per heavy atom. The van der Waals surface area contributed by atoms with Crippen molar-refractivity contribution < 1.29 is 52.7 Å². The average molecular weight is 529 g/mol. The van der Waals surface area contributed by atoms with Gasteiger partial charge in [-0.05, 0) is 64.7 Å². The third-order valence-corrected chi connectivity index (χ3v) is 5.24. The molecule has 0 saturated heterocycles. The minimum atomic E-state index is -5.15. The molecule has 0 nitrogen and oxygen atoms in total. The first-order valence-corrected chi connectivity index (χ1v) is 10.0. The highest BCUT2D eigenvalue weighted by Crippen LogP contribution is 2.41. The molecule has 0 saturated carbocycles. The lowest BCUT2D eigenvalue weighted by Gasteiger charge is -2.17. The van der Waals surface area contributed by atoms with E-state index in [4.69, 9.17) is 0 Å². The molecule has 0 aromatic heterocycles. The van der Waals surface area contributed by atoms with Crippen molar-refractivity contribution in [2.45, 2.75) is 24.7 Å². The van der Waals surface area contributed by atoms with Crippen LogP contribution in [0.15, 0.2) is 54.6 Å². The van der Waals surface area contributed by atoms with Crippen LogP contribution in [0.3, 0.4) is 0 Å². The highest BCUT2D eigenvalue weighted by atomic mass is 27.0. The molecule has 0 unspecified atom stereocenters. The Hall–Kier alpha value is -2.65. The largest absolute Gasteiger partial charge is 0.416 e.